The maximum absolute atomic E-state index is 12.0. The van der Waals surface area contributed by atoms with Crippen LogP contribution in [0.2, 0.25) is 0 Å². The van der Waals surface area contributed by atoms with Gasteiger partial charge in [-0.05, 0) is 44.0 Å². The zero-order valence-electron chi connectivity index (χ0n) is 15.5. The van der Waals surface area contributed by atoms with E-state index < -0.39 is 0 Å². The van der Waals surface area contributed by atoms with Crippen LogP contribution in [-0.4, -0.2) is 25.0 Å². The number of rotatable bonds is 6. The summed E-state index contributed by atoms with van der Waals surface area (Å²) in [5.41, 5.74) is 4.43. The quantitative estimate of drug-likeness (QED) is 0.346. The molecule has 0 aliphatic rings. The number of carbonyl (C=O) groups is 1. The van der Waals surface area contributed by atoms with Gasteiger partial charge in [-0.25, -0.2) is 4.99 Å². The number of para-hydroxylation sites is 1. The van der Waals surface area contributed by atoms with Gasteiger partial charge >= 0.3 is 0 Å². The number of carbonyl (C=O) groups excluding carboxylic acids is 1. The van der Waals surface area contributed by atoms with Gasteiger partial charge in [0.1, 0.15) is 0 Å². The fraction of sp³-hybridized carbons (Fsp3) is 0.300. The summed E-state index contributed by atoms with van der Waals surface area (Å²) in [6.45, 7) is 7.63. The molecular formula is C20H27IN4O. The molecule has 0 saturated carbocycles. The zero-order chi connectivity index (χ0) is 18.1. The van der Waals surface area contributed by atoms with E-state index >= 15 is 0 Å². The van der Waals surface area contributed by atoms with Crippen LogP contribution < -0.4 is 16.0 Å². The molecule has 0 saturated heterocycles. The van der Waals surface area contributed by atoms with Gasteiger partial charge in [0.25, 0.3) is 0 Å². The number of halogens is 1. The molecule has 0 fully saturated rings. The second-order valence-electron chi connectivity index (χ2n) is 5.89. The molecule has 0 unspecified atom stereocenters. The van der Waals surface area contributed by atoms with Gasteiger partial charge in [-0.15, -0.1) is 24.0 Å². The first kappa shape index (κ1) is 22.0. The molecular weight excluding hydrogens is 439 g/mol. The summed E-state index contributed by atoms with van der Waals surface area (Å²) >= 11 is 0. The lowest BCUT2D eigenvalue weighted by molar-refractivity contribution is -0.115. The van der Waals surface area contributed by atoms with Crippen LogP contribution in [0.4, 0.5) is 5.69 Å². The molecule has 0 spiro atoms. The number of hydrogen-bond acceptors (Lipinski definition) is 2. The molecule has 0 heterocycles. The van der Waals surface area contributed by atoms with Crippen molar-refractivity contribution in [3.05, 3.63) is 65.2 Å². The summed E-state index contributed by atoms with van der Waals surface area (Å²) in [5.74, 6) is 0.522. The van der Waals surface area contributed by atoms with Crippen molar-refractivity contribution in [3.63, 3.8) is 0 Å². The Kier molecular flexibility index (Phi) is 9.72. The summed E-state index contributed by atoms with van der Waals surface area (Å²) in [5, 5.41) is 9.07. The number of aryl methyl sites for hydroxylation is 2. The summed E-state index contributed by atoms with van der Waals surface area (Å²) in [6, 6.07) is 15.7. The first-order valence-electron chi connectivity index (χ1n) is 8.51. The number of hydrogen-bond donors (Lipinski definition) is 3. The van der Waals surface area contributed by atoms with Crippen molar-refractivity contribution in [2.45, 2.75) is 27.3 Å². The highest BCUT2D eigenvalue weighted by Gasteiger charge is 2.05. The minimum absolute atomic E-state index is 0. The van der Waals surface area contributed by atoms with Crippen molar-refractivity contribution in [2.24, 2.45) is 4.99 Å². The number of amides is 1. The smallest absolute Gasteiger partial charge is 0.243 e. The van der Waals surface area contributed by atoms with Crippen LogP contribution in [0.1, 0.15) is 23.6 Å². The molecule has 6 heteroatoms. The van der Waals surface area contributed by atoms with E-state index in [-0.39, 0.29) is 36.4 Å². The summed E-state index contributed by atoms with van der Waals surface area (Å²) < 4.78 is 0. The first-order valence-corrected chi connectivity index (χ1v) is 8.51. The maximum Gasteiger partial charge on any atom is 0.243 e. The van der Waals surface area contributed by atoms with Gasteiger partial charge in [0.2, 0.25) is 5.91 Å². The predicted molar refractivity (Wildman–Crippen MR) is 119 cm³/mol. The predicted octanol–water partition coefficient (Wildman–Crippen LogP) is 3.62. The van der Waals surface area contributed by atoms with Gasteiger partial charge in [-0.1, -0.05) is 42.0 Å². The SMILES string of the molecule is CCNC(=NCc1ccc(C)cc1C)NCC(=O)Nc1ccccc1.I. The van der Waals surface area contributed by atoms with E-state index in [9.17, 15) is 4.79 Å². The second kappa shape index (κ2) is 11.5. The van der Waals surface area contributed by atoms with Crippen molar-refractivity contribution in [2.75, 3.05) is 18.4 Å². The second-order valence-corrected chi connectivity index (χ2v) is 5.89. The highest BCUT2D eigenvalue weighted by molar-refractivity contribution is 14.0. The van der Waals surface area contributed by atoms with Crippen LogP contribution in [0.3, 0.4) is 0 Å². The Morgan fingerprint density at radius 1 is 1.04 bits per heavy atom. The van der Waals surface area contributed by atoms with Gasteiger partial charge in [-0.3, -0.25) is 4.79 Å². The van der Waals surface area contributed by atoms with Crippen LogP contribution >= 0.6 is 24.0 Å². The van der Waals surface area contributed by atoms with Crippen molar-refractivity contribution >= 4 is 41.5 Å². The lowest BCUT2D eigenvalue weighted by Gasteiger charge is -2.12. The summed E-state index contributed by atoms with van der Waals surface area (Å²) in [6.07, 6.45) is 0. The van der Waals surface area contributed by atoms with Gasteiger partial charge < -0.3 is 16.0 Å². The Morgan fingerprint density at radius 3 is 2.42 bits per heavy atom. The zero-order valence-corrected chi connectivity index (χ0v) is 17.8. The average Bonchev–Trinajstić information content (AvgIpc) is 2.59. The van der Waals surface area contributed by atoms with Crippen LogP contribution in [0.5, 0.6) is 0 Å². The third-order valence-electron chi connectivity index (χ3n) is 3.72. The lowest BCUT2D eigenvalue weighted by atomic mass is 10.1. The summed E-state index contributed by atoms with van der Waals surface area (Å²) in [7, 11) is 0. The van der Waals surface area contributed by atoms with Crippen molar-refractivity contribution in [3.8, 4) is 0 Å². The first-order chi connectivity index (χ1) is 12.1. The number of nitrogens with one attached hydrogen (secondary N) is 3. The molecule has 0 atom stereocenters. The van der Waals surface area contributed by atoms with Crippen LogP contribution in [0, 0.1) is 13.8 Å². The normalized spacial score (nSPS) is 10.7. The number of aliphatic imine (C=N–C) groups is 1. The van der Waals surface area contributed by atoms with E-state index in [1.54, 1.807) is 0 Å². The minimum Gasteiger partial charge on any atom is -0.357 e. The Hall–Kier alpha value is -2.09. The van der Waals surface area contributed by atoms with E-state index in [1.807, 2.05) is 37.3 Å². The number of anilines is 1. The maximum atomic E-state index is 12.0. The fourth-order valence-corrected chi connectivity index (χ4v) is 2.42. The third kappa shape index (κ3) is 7.43. The summed E-state index contributed by atoms with van der Waals surface area (Å²) in [4.78, 5) is 16.6. The van der Waals surface area contributed by atoms with Crippen LogP contribution in [0.15, 0.2) is 53.5 Å². The van der Waals surface area contributed by atoms with E-state index in [4.69, 9.17) is 0 Å². The molecule has 3 N–H and O–H groups in total. The highest BCUT2D eigenvalue weighted by atomic mass is 127. The van der Waals surface area contributed by atoms with Gasteiger partial charge in [0.15, 0.2) is 5.96 Å². The molecule has 0 aromatic heterocycles. The van der Waals surface area contributed by atoms with Crippen molar-refractivity contribution in [1.29, 1.82) is 0 Å². The Morgan fingerprint density at radius 2 is 1.77 bits per heavy atom. The monoisotopic (exact) mass is 466 g/mol. The lowest BCUT2D eigenvalue weighted by Crippen LogP contribution is -2.41. The van der Waals surface area contributed by atoms with E-state index in [0.717, 1.165) is 12.2 Å². The average molecular weight is 466 g/mol. The van der Waals surface area contributed by atoms with E-state index in [0.29, 0.717) is 12.5 Å². The van der Waals surface area contributed by atoms with E-state index in [1.165, 1.54) is 16.7 Å². The van der Waals surface area contributed by atoms with Gasteiger partial charge in [0, 0.05) is 12.2 Å². The minimum atomic E-state index is -0.108. The molecule has 2 aromatic rings. The molecule has 0 aliphatic carbocycles. The molecule has 5 nitrogen and oxygen atoms in total. The van der Waals surface area contributed by atoms with Crippen molar-refractivity contribution in [1.82, 2.24) is 10.6 Å². The number of nitrogens with zero attached hydrogens (tertiary/aromatic N) is 1. The standard InChI is InChI=1S/C20H26N4O.HI/c1-4-21-20(22-13-17-11-10-15(2)12-16(17)3)23-14-19(25)24-18-8-6-5-7-9-18;/h5-12H,4,13-14H2,1-3H3,(H,24,25)(H2,21,22,23);1H. The van der Waals surface area contributed by atoms with Crippen molar-refractivity contribution < 1.29 is 4.79 Å². The Labute approximate surface area is 172 Å². The van der Waals surface area contributed by atoms with E-state index in [2.05, 4.69) is 53.0 Å². The molecule has 0 bridgehead atoms. The molecule has 2 aromatic carbocycles. The molecule has 0 radical (unpaired) electrons. The largest absolute Gasteiger partial charge is 0.357 e. The van der Waals surface area contributed by atoms with Gasteiger partial charge in [-0.2, -0.15) is 0 Å². The van der Waals surface area contributed by atoms with Gasteiger partial charge in [0.05, 0.1) is 13.1 Å². The highest BCUT2D eigenvalue weighted by Crippen LogP contribution is 2.11. The molecule has 140 valence electrons. The molecule has 0 aliphatic heterocycles. The molecule has 26 heavy (non-hydrogen) atoms. The third-order valence-corrected chi connectivity index (χ3v) is 3.72. The Balaban J connectivity index is 0.00000338. The topological polar surface area (TPSA) is 65.5 Å². The molecule has 1 amide bonds. The van der Waals surface area contributed by atoms with Crippen LogP contribution in [-0.2, 0) is 11.3 Å². The number of benzene rings is 2. The van der Waals surface area contributed by atoms with Crippen LogP contribution in [0.25, 0.3) is 0 Å². The number of guanidine groups is 1. The Bertz CT molecular complexity index is 732. The molecule has 2 rings (SSSR count). The fourth-order valence-electron chi connectivity index (χ4n) is 2.42.